The molecule has 1 aromatic heterocycles. The molecule has 3 N–H and O–H groups in total. The van der Waals surface area contributed by atoms with Gasteiger partial charge in [-0.05, 0) is 24.8 Å². The van der Waals surface area contributed by atoms with Crippen LogP contribution in [0, 0.1) is 0 Å². The van der Waals surface area contributed by atoms with Crippen molar-refractivity contribution in [2.75, 3.05) is 12.3 Å². The molecule has 1 aliphatic heterocycles. The van der Waals surface area contributed by atoms with Crippen LogP contribution in [0.2, 0.25) is 0 Å². The number of carbonyl (C=O) groups is 1. The molecule has 0 spiro atoms. The highest BCUT2D eigenvalue weighted by molar-refractivity contribution is 7.10. The van der Waals surface area contributed by atoms with Crippen LogP contribution in [0.5, 0.6) is 0 Å². The number of aromatic nitrogens is 2. The summed E-state index contributed by atoms with van der Waals surface area (Å²) >= 11 is 1.02. The average molecular weight is 355 g/mol. The Labute approximate surface area is 144 Å². The number of likely N-dealkylation sites (tertiary alicyclic amines) is 1. The number of nitrogens with zero attached hydrogens (tertiary/aromatic N) is 3. The fourth-order valence-corrected chi connectivity index (χ4v) is 3.32. The molecule has 0 bridgehead atoms. The van der Waals surface area contributed by atoms with Crippen LogP contribution in [0.25, 0.3) is 0 Å². The van der Waals surface area contributed by atoms with E-state index in [1.807, 2.05) is 30.3 Å². The summed E-state index contributed by atoms with van der Waals surface area (Å²) in [7, 11) is 0. The molecule has 1 amide bonds. The van der Waals surface area contributed by atoms with Crippen molar-refractivity contribution in [2.24, 2.45) is 0 Å². The van der Waals surface area contributed by atoms with Gasteiger partial charge in [-0.15, -0.1) is 17.5 Å². The Morgan fingerprint density at radius 1 is 1.43 bits per heavy atom. The van der Waals surface area contributed by atoms with Crippen LogP contribution >= 0.6 is 23.9 Å². The summed E-state index contributed by atoms with van der Waals surface area (Å²) < 4.78 is 3.72. The second-order valence-corrected chi connectivity index (χ2v) is 6.23. The van der Waals surface area contributed by atoms with E-state index in [-0.39, 0.29) is 30.0 Å². The van der Waals surface area contributed by atoms with Crippen LogP contribution in [-0.4, -0.2) is 38.1 Å². The maximum atomic E-state index is 12.5. The minimum atomic E-state index is -0.578. The van der Waals surface area contributed by atoms with E-state index in [9.17, 15) is 9.90 Å². The van der Waals surface area contributed by atoms with Crippen molar-refractivity contribution in [1.29, 1.82) is 0 Å². The summed E-state index contributed by atoms with van der Waals surface area (Å²) in [5.74, 6) is -0.186. The number of halogens is 1. The van der Waals surface area contributed by atoms with Gasteiger partial charge in [0.2, 0.25) is 0 Å². The highest BCUT2D eigenvalue weighted by Gasteiger charge is 2.33. The summed E-state index contributed by atoms with van der Waals surface area (Å²) in [5.41, 5.74) is 6.84. The Balaban J connectivity index is 0.00000192. The van der Waals surface area contributed by atoms with E-state index in [2.05, 4.69) is 9.59 Å². The predicted octanol–water partition coefficient (Wildman–Crippen LogP) is 2.27. The lowest BCUT2D eigenvalue weighted by atomic mass is 10.0. The lowest BCUT2D eigenvalue weighted by Crippen LogP contribution is -2.37. The van der Waals surface area contributed by atoms with E-state index >= 15 is 0 Å². The van der Waals surface area contributed by atoms with Crippen LogP contribution in [0.4, 0.5) is 5.00 Å². The molecule has 2 heterocycles. The van der Waals surface area contributed by atoms with E-state index in [0.29, 0.717) is 18.0 Å². The summed E-state index contributed by atoms with van der Waals surface area (Å²) in [5, 5.41) is 14.5. The zero-order valence-electron chi connectivity index (χ0n) is 12.5. The number of hydrogen-bond donors (Lipinski definition) is 2. The highest BCUT2D eigenvalue weighted by Crippen LogP contribution is 2.29. The molecular weight excluding hydrogens is 336 g/mol. The number of benzene rings is 1. The van der Waals surface area contributed by atoms with E-state index in [1.54, 1.807) is 4.90 Å². The van der Waals surface area contributed by atoms with Gasteiger partial charge in [-0.25, -0.2) is 0 Å². The molecule has 1 aromatic carbocycles. The van der Waals surface area contributed by atoms with Crippen LogP contribution in [-0.2, 0) is 0 Å². The van der Waals surface area contributed by atoms with Gasteiger partial charge < -0.3 is 15.7 Å². The molecule has 8 heteroatoms. The lowest BCUT2D eigenvalue weighted by Gasteiger charge is -2.26. The number of nitrogen functional groups attached to an aromatic ring is 1. The van der Waals surface area contributed by atoms with Crippen LogP contribution in [0.15, 0.2) is 30.3 Å². The number of amides is 1. The van der Waals surface area contributed by atoms with Crippen molar-refractivity contribution >= 4 is 34.8 Å². The largest absolute Gasteiger partial charge is 0.388 e. The maximum Gasteiger partial charge on any atom is 0.277 e. The van der Waals surface area contributed by atoms with Gasteiger partial charge >= 0.3 is 0 Å². The minimum Gasteiger partial charge on any atom is -0.388 e. The van der Waals surface area contributed by atoms with Crippen molar-refractivity contribution < 1.29 is 9.90 Å². The molecule has 0 radical (unpaired) electrons. The first-order valence-corrected chi connectivity index (χ1v) is 8.06. The van der Waals surface area contributed by atoms with Crippen LogP contribution in [0.1, 0.15) is 41.4 Å². The van der Waals surface area contributed by atoms with Crippen molar-refractivity contribution in [3.8, 4) is 0 Å². The van der Waals surface area contributed by atoms with Crippen molar-refractivity contribution in [3.05, 3.63) is 41.6 Å². The Hall–Kier alpha value is -1.70. The quantitative estimate of drug-likeness (QED) is 0.878. The standard InChI is InChI=1S/C15H18N4O2S.ClH/c16-14-13(17-18-22-14)15(21)19-8-4-7-11(19)9-12(20)10-5-2-1-3-6-10;/h1-3,5-6,11-12,20H,4,7-9,16H2;1H. The van der Waals surface area contributed by atoms with Crippen molar-refractivity contribution in [3.63, 3.8) is 0 Å². The van der Waals surface area contributed by atoms with Crippen molar-refractivity contribution in [1.82, 2.24) is 14.5 Å². The van der Waals surface area contributed by atoms with Gasteiger partial charge in [0.15, 0.2) is 5.69 Å². The molecule has 6 nitrogen and oxygen atoms in total. The second kappa shape index (κ2) is 7.72. The molecule has 3 rings (SSSR count). The first-order valence-electron chi connectivity index (χ1n) is 7.28. The molecule has 2 aromatic rings. The molecule has 124 valence electrons. The molecule has 23 heavy (non-hydrogen) atoms. The molecule has 1 saturated heterocycles. The van der Waals surface area contributed by atoms with Crippen LogP contribution in [0.3, 0.4) is 0 Å². The van der Waals surface area contributed by atoms with Gasteiger partial charge in [0.1, 0.15) is 5.00 Å². The smallest absolute Gasteiger partial charge is 0.277 e. The maximum absolute atomic E-state index is 12.5. The number of nitrogens with two attached hydrogens (primary N) is 1. The normalized spacial score (nSPS) is 18.5. The van der Waals surface area contributed by atoms with Gasteiger partial charge in [0.25, 0.3) is 5.91 Å². The SMILES string of the molecule is Cl.Nc1snnc1C(=O)N1CCCC1CC(O)c1ccccc1. The molecule has 1 fully saturated rings. The summed E-state index contributed by atoms with van der Waals surface area (Å²) in [6.45, 7) is 0.669. The van der Waals surface area contributed by atoms with Gasteiger partial charge in [-0.2, -0.15) is 0 Å². The molecule has 2 atom stereocenters. The topological polar surface area (TPSA) is 92.3 Å². The molecular formula is C15H19ClN4O2S. The number of anilines is 1. The monoisotopic (exact) mass is 354 g/mol. The van der Waals surface area contributed by atoms with E-state index in [1.165, 1.54) is 0 Å². The third-order valence-electron chi connectivity index (χ3n) is 4.03. The number of carbonyl (C=O) groups excluding carboxylic acids is 1. The summed E-state index contributed by atoms with van der Waals surface area (Å²) in [6, 6.07) is 9.51. The zero-order valence-corrected chi connectivity index (χ0v) is 14.1. The fourth-order valence-electron chi connectivity index (χ4n) is 2.90. The van der Waals surface area contributed by atoms with E-state index in [4.69, 9.17) is 5.73 Å². The first-order chi connectivity index (χ1) is 10.7. The van der Waals surface area contributed by atoms with Gasteiger partial charge in [-0.1, -0.05) is 34.8 Å². The fraction of sp³-hybridized carbons (Fsp3) is 0.400. The first kappa shape index (κ1) is 17.7. The van der Waals surface area contributed by atoms with Crippen molar-refractivity contribution in [2.45, 2.75) is 31.4 Å². The lowest BCUT2D eigenvalue weighted by molar-refractivity contribution is 0.0662. The Kier molecular flexibility index (Phi) is 5.92. The average Bonchev–Trinajstić information content (AvgIpc) is 3.16. The number of aliphatic hydroxyl groups excluding tert-OH is 1. The van der Waals surface area contributed by atoms with Gasteiger partial charge in [0.05, 0.1) is 6.10 Å². The molecule has 0 saturated carbocycles. The molecule has 1 aliphatic rings. The Morgan fingerprint density at radius 2 is 2.17 bits per heavy atom. The minimum absolute atomic E-state index is 0. The van der Waals surface area contributed by atoms with Gasteiger partial charge in [0, 0.05) is 24.1 Å². The van der Waals surface area contributed by atoms with Crippen LogP contribution < -0.4 is 5.73 Å². The van der Waals surface area contributed by atoms with Gasteiger partial charge in [-0.3, -0.25) is 4.79 Å². The van der Waals surface area contributed by atoms with E-state index in [0.717, 1.165) is 29.9 Å². The third kappa shape index (κ3) is 3.80. The third-order valence-corrected chi connectivity index (χ3v) is 4.59. The number of rotatable bonds is 4. The second-order valence-electron chi connectivity index (χ2n) is 5.44. The Bertz CT molecular complexity index is 652. The summed E-state index contributed by atoms with van der Waals surface area (Å²) in [6.07, 6.45) is 1.75. The molecule has 2 unspecified atom stereocenters. The zero-order chi connectivity index (χ0) is 15.5. The summed E-state index contributed by atoms with van der Waals surface area (Å²) in [4.78, 5) is 14.3. The number of aliphatic hydroxyl groups is 1. The Morgan fingerprint density at radius 3 is 2.83 bits per heavy atom. The van der Waals surface area contributed by atoms with E-state index < -0.39 is 6.10 Å². The number of hydrogen-bond acceptors (Lipinski definition) is 6. The molecule has 0 aliphatic carbocycles. The highest BCUT2D eigenvalue weighted by atomic mass is 35.5. The predicted molar refractivity (Wildman–Crippen MR) is 91.6 cm³/mol.